The predicted octanol–water partition coefficient (Wildman–Crippen LogP) is -0.988. The van der Waals surface area contributed by atoms with Crippen LogP contribution in [0.15, 0.2) is 82.0 Å². The smallest absolute Gasteiger partial charge is 0.336 e. The lowest BCUT2D eigenvalue weighted by molar-refractivity contribution is -0.316. The van der Waals surface area contributed by atoms with Crippen LogP contribution in [0.4, 0.5) is 0 Å². The summed E-state index contributed by atoms with van der Waals surface area (Å²) in [6.07, 6.45) is -23.0. The number of carbonyl (C=O) groups excluding carboxylic acids is 2. The van der Waals surface area contributed by atoms with Gasteiger partial charge >= 0.3 is 11.9 Å². The van der Waals surface area contributed by atoms with Gasteiger partial charge in [-0.3, -0.25) is 4.79 Å². The summed E-state index contributed by atoms with van der Waals surface area (Å²) in [6, 6.07) is 12.9. The molecule has 5 aromatic rings. The van der Waals surface area contributed by atoms with Crippen LogP contribution in [0.25, 0.3) is 34.4 Å². The quantitative estimate of drug-likeness (QED) is 0.0268. The van der Waals surface area contributed by atoms with Crippen LogP contribution in [0.2, 0.25) is 0 Å². The van der Waals surface area contributed by atoms with E-state index in [4.69, 9.17) is 56.5 Å². The summed E-state index contributed by atoms with van der Waals surface area (Å²) in [4.78, 5) is 41.1. The Morgan fingerprint density at radius 2 is 1.06 bits per heavy atom. The molecule has 0 radical (unpaired) electrons. The molecule has 15 atom stereocenters. The summed E-state index contributed by atoms with van der Waals surface area (Å²) >= 11 is 0. The van der Waals surface area contributed by atoms with Crippen LogP contribution in [-0.4, -0.2) is 212 Å². The number of benzene rings is 4. The van der Waals surface area contributed by atoms with Crippen molar-refractivity contribution in [1.29, 1.82) is 0 Å². The molecule has 15 unspecified atom stereocenters. The standard InChI is InChI=1S/C55H60O28/c1-72-30-13-22(14-31(73-2)41(30)61)5-11-37(59)79-29-18-28-39(26(58)17-27(78-28)24-7-9-25(10-8-24)77-54-51(71)48(68)43(63)34(19-56)81-54)46(66)40(29)52-50(70)47(67)45(65)36(80-52)21-76-55-53(49(69)44(64)35(20-57)82-55)83-38(60)12-6-23-15-32(74-3)42(62)33(16-23)75-4/h5-18,34-36,43-45,47-57,61-71H,19-21H2,1-4H3. The van der Waals surface area contributed by atoms with Gasteiger partial charge in [0.1, 0.15) is 107 Å². The Bertz CT molecular complexity index is 3180. The third kappa shape index (κ3) is 13.0. The van der Waals surface area contributed by atoms with Crippen LogP contribution in [0, 0.1) is 0 Å². The van der Waals surface area contributed by atoms with Crippen molar-refractivity contribution in [2.45, 2.75) is 91.9 Å². The first-order chi connectivity index (χ1) is 39.6. The molecule has 3 aliphatic rings. The first-order valence-electron chi connectivity index (χ1n) is 25.2. The Morgan fingerprint density at radius 1 is 0.554 bits per heavy atom. The fourth-order valence-electron chi connectivity index (χ4n) is 9.29. The second-order valence-corrected chi connectivity index (χ2v) is 19.0. The largest absolute Gasteiger partial charge is 0.506 e. The predicted molar refractivity (Wildman–Crippen MR) is 279 cm³/mol. The van der Waals surface area contributed by atoms with E-state index in [0.29, 0.717) is 0 Å². The van der Waals surface area contributed by atoms with Crippen molar-refractivity contribution in [2.75, 3.05) is 48.3 Å². The number of rotatable bonds is 19. The lowest BCUT2D eigenvalue weighted by Gasteiger charge is -2.43. The first kappa shape index (κ1) is 61.4. The molecule has 83 heavy (non-hydrogen) atoms. The average molecular weight is 1170 g/mol. The zero-order chi connectivity index (χ0) is 60.1. The lowest BCUT2D eigenvalue weighted by atomic mass is 9.89. The second kappa shape index (κ2) is 26.3. The summed E-state index contributed by atoms with van der Waals surface area (Å²) in [5.74, 6) is -4.79. The third-order valence-electron chi connectivity index (χ3n) is 13.8. The van der Waals surface area contributed by atoms with Gasteiger partial charge in [0.05, 0.1) is 53.8 Å². The van der Waals surface area contributed by atoms with Crippen LogP contribution in [0.3, 0.4) is 0 Å². The molecule has 28 nitrogen and oxygen atoms in total. The number of methoxy groups -OCH3 is 4. The molecule has 3 saturated heterocycles. The Balaban J connectivity index is 1.10. The van der Waals surface area contributed by atoms with Crippen LogP contribution in [0.1, 0.15) is 22.8 Å². The minimum atomic E-state index is -2.19. The number of phenolic OH excluding ortho intramolecular Hbond substituents is 3. The van der Waals surface area contributed by atoms with E-state index in [9.17, 15) is 80.8 Å². The number of hydrogen-bond acceptors (Lipinski definition) is 28. The molecule has 1 aromatic heterocycles. The Labute approximate surface area is 469 Å². The molecular formula is C55H60O28. The second-order valence-electron chi connectivity index (χ2n) is 19.0. The molecule has 8 rings (SSSR count). The molecule has 4 heterocycles. The maximum absolute atomic E-state index is 14.1. The molecule has 3 aliphatic heterocycles. The fourth-order valence-corrected chi connectivity index (χ4v) is 9.29. The van der Waals surface area contributed by atoms with Crippen LogP contribution < -0.4 is 33.8 Å². The van der Waals surface area contributed by atoms with Crippen molar-refractivity contribution in [3.8, 4) is 63.1 Å². The van der Waals surface area contributed by atoms with Gasteiger partial charge in [-0.05, 0) is 71.8 Å². The molecular weight excluding hydrogens is 1110 g/mol. The number of aliphatic hydroxyl groups is 10. The minimum absolute atomic E-state index is 0.00360. The zero-order valence-electron chi connectivity index (χ0n) is 44.3. The first-order valence-corrected chi connectivity index (χ1v) is 25.2. The number of aliphatic hydroxyl groups excluding tert-OH is 10. The molecule has 0 saturated carbocycles. The van der Waals surface area contributed by atoms with Gasteiger partial charge < -0.3 is 123 Å². The number of phenols is 3. The highest BCUT2D eigenvalue weighted by Gasteiger charge is 2.51. The number of hydrogen-bond donors (Lipinski definition) is 13. The topological polar surface area (TPSA) is 429 Å². The zero-order valence-corrected chi connectivity index (χ0v) is 44.3. The van der Waals surface area contributed by atoms with Gasteiger partial charge in [0, 0.05) is 29.8 Å². The molecule has 448 valence electrons. The molecule has 3 fully saturated rings. The maximum atomic E-state index is 14.1. The molecule has 13 N–H and O–H groups in total. The van der Waals surface area contributed by atoms with Gasteiger partial charge in [-0.15, -0.1) is 0 Å². The van der Waals surface area contributed by atoms with Crippen LogP contribution >= 0.6 is 0 Å². The van der Waals surface area contributed by atoms with E-state index in [1.165, 1.54) is 89.1 Å². The monoisotopic (exact) mass is 1170 g/mol. The Kier molecular flexibility index (Phi) is 19.5. The van der Waals surface area contributed by atoms with Crippen molar-refractivity contribution in [3.63, 3.8) is 0 Å². The van der Waals surface area contributed by atoms with E-state index in [0.717, 1.165) is 24.3 Å². The van der Waals surface area contributed by atoms with E-state index in [1.807, 2.05) is 0 Å². The third-order valence-corrected chi connectivity index (χ3v) is 13.8. The fraction of sp³-hybridized carbons (Fsp3) is 0.400. The molecule has 28 heteroatoms. The highest BCUT2D eigenvalue weighted by Crippen LogP contribution is 2.46. The lowest BCUT2D eigenvalue weighted by Crippen LogP contribution is -2.61. The van der Waals surface area contributed by atoms with Gasteiger partial charge in [-0.2, -0.15) is 0 Å². The molecule has 0 aliphatic carbocycles. The Hall–Kier alpha value is -7.65. The minimum Gasteiger partial charge on any atom is -0.506 e. The summed E-state index contributed by atoms with van der Waals surface area (Å²) in [5.41, 5.74) is -1.26. The van der Waals surface area contributed by atoms with Crippen molar-refractivity contribution >= 4 is 35.1 Å². The highest BCUT2D eigenvalue weighted by atomic mass is 16.7. The van der Waals surface area contributed by atoms with E-state index in [2.05, 4.69) is 0 Å². The van der Waals surface area contributed by atoms with E-state index in [1.54, 1.807) is 0 Å². The van der Waals surface area contributed by atoms with E-state index in [-0.39, 0.29) is 62.7 Å². The van der Waals surface area contributed by atoms with Gasteiger partial charge in [0.2, 0.25) is 17.8 Å². The van der Waals surface area contributed by atoms with Gasteiger partial charge in [0.25, 0.3) is 0 Å². The van der Waals surface area contributed by atoms with Crippen molar-refractivity contribution in [1.82, 2.24) is 0 Å². The molecule has 0 spiro atoms. The van der Waals surface area contributed by atoms with Crippen molar-refractivity contribution < 1.29 is 132 Å². The van der Waals surface area contributed by atoms with Gasteiger partial charge in [0.15, 0.2) is 40.8 Å². The molecule has 0 amide bonds. The Morgan fingerprint density at radius 3 is 1.60 bits per heavy atom. The van der Waals surface area contributed by atoms with E-state index < -0.39 is 157 Å². The summed E-state index contributed by atoms with van der Waals surface area (Å²) in [7, 11) is 5.12. The molecule has 0 bridgehead atoms. The molecule has 4 aromatic carbocycles. The van der Waals surface area contributed by atoms with Gasteiger partial charge in [-0.1, -0.05) is 0 Å². The number of fused-ring (bicyclic) bond motifs is 1. The van der Waals surface area contributed by atoms with Crippen LogP contribution in [-0.2, 0) is 33.3 Å². The summed E-state index contributed by atoms with van der Waals surface area (Å²) in [6.45, 7) is -2.48. The van der Waals surface area contributed by atoms with Crippen LogP contribution in [0.5, 0.6) is 51.7 Å². The number of esters is 2. The van der Waals surface area contributed by atoms with Crippen molar-refractivity contribution in [2.24, 2.45) is 0 Å². The normalized spacial score (nSPS) is 28.2. The average Bonchev–Trinajstić information content (AvgIpc) is 3.63. The highest BCUT2D eigenvalue weighted by molar-refractivity contribution is 5.93. The van der Waals surface area contributed by atoms with Crippen molar-refractivity contribution in [3.05, 3.63) is 99.7 Å². The van der Waals surface area contributed by atoms with Gasteiger partial charge in [-0.25, -0.2) is 9.59 Å². The summed E-state index contributed by atoms with van der Waals surface area (Å²) in [5, 5.41) is 139. The SMILES string of the molecule is COc1cc(C=CC(=O)Oc2cc3oc(-c4ccc(OC5OC(CO)C(O)C(O)C5O)cc4)cc(=O)c3c(O)c2C2OC(COC3OC(CO)C(O)C(O)C3OC(=O)C=Cc3cc(OC)c(O)c(OC)c3)C(O)C(O)C2O)cc(OC)c1O. The van der Waals surface area contributed by atoms with E-state index >= 15 is 0 Å². The summed E-state index contributed by atoms with van der Waals surface area (Å²) < 4.78 is 66.6. The number of carbonyl (C=O) groups is 2. The maximum Gasteiger partial charge on any atom is 0.336 e. The number of aromatic hydroxyl groups is 3. The number of ether oxygens (including phenoxy) is 11.